The third kappa shape index (κ3) is 3.22. The molecule has 3 heterocycles. The molecular formula is C18H23N3O5. The third-order valence-corrected chi connectivity index (χ3v) is 4.91. The molecule has 1 atom stereocenters. The van der Waals surface area contributed by atoms with Crippen LogP contribution in [0, 0.1) is 5.92 Å². The van der Waals surface area contributed by atoms with Crippen LogP contribution in [0.2, 0.25) is 0 Å². The monoisotopic (exact) mass is 361 g/mol. The molecule has 0 saturated carbocycles. The van der Waals surface area contributed by atoms with E-state index in [1.165, 1.54) is 6.20 Å². The largest absolute Gasteiger partial charge is 0.478 e. The summed E-state index contributed by atoms with van der Waals surface area (Å²) >= 11 is 0. The number of hydrogen-bond donors (Lipinski definition) is 2. The fraction of sp³-hybridized carbons (Fsp3) is 0.556. The van der Waals surface area contributed by atoms with Crippen LogP contribution in [0.15, 0.2) is 17.3 Å². The summed E-state index contributed by atoms with van der Waals surface area (Å²) in [6.45, 7) is 6.49. The van der Waals surface area contributed by atoms with Crippen molar-refractivity contribution < 1.29 is 24.2 Å². The zero-order valence-electron chi connectivity index (χ0n) is 15.1. The molecule has 0 radical (unpaired) electrons. The number of aromatic nitrogens is 1. The number of nitrogens with zero attached hydrogens (tertiary/aromatic N) is 2. The summed E-state index contributed by atoms with van der Waals surface area (Å²) < 4.78 is 11.3. The van der Waals surface area contributed by atoms with Gasteiger partial charge in [0.25, 0.3) is 5.91 Å². The lowest BCUT2D eigenvalue weighted by atomic mass is 9.89. The molecule has 140 valence electrons. The highest BCUT2D eigenvalue weighted by Crippen LogP contribution is 2.30. The zero-order valence-corrected chi connectivity index (χ0v) is 15.1. The highest BCUT2D eigenvalue weighted by Gasteiger charge is 2.43. The molecule has 1 amide bonds. The number of rotatable bonds is 4. The molecule has 3 rings (SSSR count). The summed E-state index contributed by atoms with van der Waals surface area (Å²) in [5.41, 5.74) is -0.534. The zero-order chi connectivity index (χ0) is 18.9. The van der Waals surface area contributed by atoms with E-state index in [0.29, 0.717) is 18.8 Å². The number of carbonyl (C=O) groups excluding carboxylic acids is 1. The Morgan fingerprint density at radius 1 is 1.35 bits per heavy atom. The van der Waals surface area contributed by atoms with E-state index in [9.17, 15) is 14.7 Å². The number of aromatic carboxylic acids is 1. The van der Waals surface area contributed by atoms with Crippen LogP contribution in [-0.2, 0) is 14.3 Å². The highest BCUT2D eigenvalue weighted by atomic mass is 16.7. The van der Waals surface area contributed by atoms with Crippen LogP contribution >= 0.6 is 0 Å². The molecule has 26 heavy (non-hydrogen) atoms. The average molecular weight is 361 g/mol. The molecular weight excluding hydrogens is 338 g/mol. The number of hydrogen-bond acceptors (Lipinski definition) is 6. The van der Waals surface area contributed by atoms with Gasteiger partial charge >= 0.3 is 5.97 Å². The SMILES string of the molecule is CC(C)C1(C)N=C(c2nccc(C3OCCCCO3)c2C(=O)O)NC1=O. The lowest BCUT2D eigenvalue weighted by Gasteiger charge is -2.21. The fourth-order valence-electron chi connectivity index (χ4n) is 2.94. The number of carbonyl (C=O) groups is 2. The van der Waals surface area contributed by atoms with Gasteiger partial charge in [-0.1, -0.05) is 13.8 Å². The molecule has 8 heteroatoms. The molecule has 0 spiro atoms. The first-order valence-electron chi connectivity index (χ1n) is 8.71. The van der Waals surface area contributed by atoms with Crippen LogP contribution in [0.25, 0.3) is 0 Å². The Morgan fingerprint density at radius 3 is 2.54 bits per heavy atom. The molecule has 8 nitrogen and oxygen atoms in total. The Hall–Kier alpha value is -2.32. The van der Waals surface area contributed by atoms with Crippen LogP contribution < -0.4 is 5.32 Å². The Balaban J connectivity index is 2.07. The van der Waals surface area contributed by atoms with E-state index in [2.05, 4.69) is 15.3 Å². The Labute approximate surface area is 151 Å². The maximum absolute atomic E-state index is 12.4. The van der Waals surface area contributed by atoms with Crippen molar-refractivity contribution in [1.82, 2.24) is 10.3 Å². The molecule has 2 N–H and O–H groups in total. The van der Waals surface area contributed by atoms with Gasteiger partial charge in [-0.15, -0.1) is 0 Å². The molecule has 0 aromatic carbocycles. The Morgan fingerprint density at radius 2 is 2.00 bits per heavy atom. The molecule has 1 aromatic rings. The summed E-state index contributed by atoms with van der Waals surface area (Å²) in [6.07, 6.45) is 2.41. The van der Waals surface area contributed by atoms with Crippen molar-refractivity contribution in [2.45, 2.75) is 45.4 Å². The minimum atomic E-state index is -1.17. The molecule has 2 aliphatic rings. The minimum Gasteiger partial charge on any atom is -0.478 e. The summed E-state index contributed by atoms with van der Waals surface area (Å²) in [7, 11) is 0. The number of amides is 1. The molecule has 1 saturated heterocycles. The van der Waals surface area contributed by atoms with Gasteiger partial charge in [-0.25, -0.2) is 9.79 Å². The summed E-state index contributed by atoms with van der Waals surface area (Å²) in [4.78, 5) is 33.0. The number of pyridine rings is 1. The van der Waals surface area contributed by atoms with Crippen molar-refractivity contribution in [3.8, 4) is 0 Å². The van der Waals surface area contributed by atoms with E-state index in [0.717, 1.165) is 12.8 Å². The lowest BCUT2D eigenvalue weighted by Crippen LogP contribution is -2.41. The maximum atomic E-state index is 12.4. The maximum Gasteiger partial charge on any atom is 0.338 e. The van der Waals surface area contributed by atoms with E-state index in [1.54, 1.807) is 13.0 Å². The second-order valence-corrected chi connectivity index (χ2v) is 6.93. The van der Waals surface area contributed by atoms with E-state index < -0.39 is 17.8 Å². The normalized spacial score (nSPS) is 24.3. The van der Waals surface area contributed by atoms with Crippen molar-refractivity contribution >= 4 is 17.7 Å². The summed E-state index contributed by atoms with van der Waals surface area (Å²) in [5.74, 6) is -1.33. The van der Waals surface area contributed by atoms with Gasteiger partial charge in [0, 0.05) is 11.8 Å². The number of carboxylic acid groups (broad SMARTS) is 1. The van der Waals surface area contributed by atoms with E-state index >= 15 is 0 Å². The first kappa shape index (κ1) is 18.5. The van der Waals surface area contributed by atoms with Gasteiger partial charge in [0.15, 0.2) is 12.1 Å². The van der Waals surface area contributed by atoms with Gasteiger partial charge in [-0.2, -0.15) is 0 Å². The smallest absolute Gasteiger partial charge is 0.338 e. The van der Waals surface area contributed by atoms with E-state index in [-0.39, 0.29) is 28.9 Å². The van der Waals surface area contributed by atoms with E-state index in [4.69, 9.17) is 9.47 Å². The lowest BCUT2D eigenvalue weighted by molar-refractivity contribution is -0.130. The van der Waals surface area contributed by atoms with Crippen LogP contribution in [0.1, 0.15) is 61.5 Å². The first-order chi connectivity index (χ1) is 12.3. The quantitative estimate of drug-likeness (QED) is 0.847. The van der Waals surface area contributed by atoms with E-state index in [1.807, 2.05) is 13.8 Å². The van der Waals surface area contributed by atoms with Gasteiger partial charge < -0.3 is 19.9 Å². The van der Waals surface area contributed by atoms with Gasteiger partial charge in [-0.3, -0.25) is 9.78 Å². The second kappa shape index (κ2) is 7.13. The van der Waals surface area contributed by atoms with Gasteiger partial charge in [0.2, 0.25) is 0 Å². The molecule has 0 aliphatic carbocycles. The van der Waals surface area contributed by atoms with Crippen LogP contribution in [0.3, 0.4) is 0 Å². The minimum absolute atomic E-state index is 0.0509. The van der Waals surface area contributed by atoms with Crippen molar-refractivity contribution in [3.63, 3.8) is 0 Å². The topological polar surface area (TPSA) is 110 Å². The molecule has 0 bridgehead atoms. The third-order valence-electron chi connectivity index (χ3n) is 4.91. The average Bonchev–Trinajstić information content (AvgIpc) is 2.79. The number of aliphatic imine (C=N–C) groups is 1. The molecule has 1 aromatic heterocycles. The standard InChI is InChI=1S/C18H23N3O5/c1-10(2)18(3)17(24)20-14(21-18)13-12(15(22)23)11(6-7-19-13)16-25-8-4-5-9-26-16/h6-7,10,16H,4-5,8-9H2,1-3H3,(H,22,23)(H,20,21,24). The van der Waals surface area contributed by atoms with Crippen LogP contribution in [0.5, 0.6) is 0 Å². The highest BCUT2D eigenvalue weighted by molar-refractivity contribution is 6.17. The van der Waals surface area contributed by atoms with Gasteiger partial charge in [0.05, 0.1) is 18.8 Å². The predicted molar refractivity (Wildman–Crippen MR) is 93.0 cm³/mol. The van der Waals surface area contributed by atoms with Gasteiger partial charge in [0.1, 0.15) is 11.2 Å². The van der Waals surface area contributed by atoms with Crippen molar-refractivity contribution in [2.24, 2.45) is 10.9 Å². The van der Waals surface area contributed by atoms with Crippen molar-refractivity contribution in [2.75, 3.05) is 13.2 Å². The molecule has 1 unspecified atom stereocenters. The number of carboxylic acids is 1. The summed E-state index contributed by atoms with van der Waals surface area (Å²) in [6, 6.07) is 1.57. The molecule has 1 fully saturated rings. The molecule has 2 aliphatic heterocycles. The number of ether oxygens (including phenoxy) is 2. The summed E-state index contributed by atoms with van der Waals surface area (Å²) in [5, 5.41) is 12.5. The second-order valence-electron chi connectivity index (χ2n) is 6.93. The van der Waals surface area contributed by atoms with Crippen LogP contribution in [-0.4, -0.2) is 46.6 Å². The first-order valence-corrected chi connectivity index (χ1v) is 8.71. The van der Waals surface area contributed by atoms with Crippen molar-refractivity contribution in [1.29, 1.82) is 0 Å². The number of amidine groups is 1. The van der Waals surface area contributed by atoms with Crippen molar-refractivity contribution in [3.05, 3.63) is 29.1 Å². The van der Waals surface area contributed by atoms with Gasteiger partial charge in [-0.05, 0) is 31.7 Å². The Bertz CT molecular complexity index is 753. The fourth-order valence-corrected chi connectivity index (χ4v) is 2.94. The van der Waals surface area contributed by atoms with Crippen LogP contribution in [0.4, 0.5) is 0 Å². The predicted octanol–water partition coefficient (Wildman–Crippen LogP) is 1.90. The Kier molecular flexibility index (Phi) is 5.06. The number of nitrogens with one attached hydrogen (secondary N) is 1.